The number of rotatable bonds is 6. The summed E-state index contributed by atoms with van der Waals surface area (Å²) in [4.78, 5) is 5.61. The molecule has 3 nitrogen and oxygen atoms in total. The van der Waals surface area contributed by atoms with Crippen LogP contribution in [0.2, 0.25) is 0 Å². The SMILES string of the molecule is COc1ccc(CNCC(C)(C)c2cccs2)cn1. The van der Waals surface area contributed by atoms with Crippen molar-refractivity contribution in [3.05, 3.63) is 46.3 Å². The molecular formula is C15H20N2OS. The first-order chi connectivity index (χ1) is 9.12. The zero-order valence-corrected chi connectivity index (χ0v) is 12.5. The first-order valence-electron chi connectivity index (χ1n) is 6.35. The summed E-state index contributed by atoms with van der Waals surface area (Å²) in [5.41, 5.74) is 1.33. The maximum Gasteiger partial charge on any atom is 0.212 e. The predicted molar refractivity (Wildman–Crippen MR) is 79.8 cm³/mol. The number of nitrogens with zero attached hydrogens (tertiary/aromatic N) is 1. The van der Waals surface area contributed by atoms with Gasteiger partial charge in [-0.05, 0) is 17.0 Å². The second kappa shape index (κ2) is 6.17. The van der Waals surface area contributed by atoms with E-state index in [0.717, 1.165) is 13.1 Å². The Morgan fingerprint density at radius 2 is 2.16 bits per heavy atom. The van der Waals surface area contributed by atoms with Crippen molar-refractivity contribution in [1.82, 2.24) is 10.3 Å². The summed E-state index contributed by atoms with van der Waals surface area (Å²) in [6.07, 6.45) is 1.85. The summed E-state index contributed by atoms with van der Waals surface area (Å²) < 4.78 is 5.05. The highest BCUT2D eigenvalue weighted by Gasteiger charge is 2.20. The minimum absolute atomic E-state index is 0.161. The monoisotopic (exact) mass is 276 g/mol. The van der Waals surface area contributed by atoms with Crippen LogP contribution in [-0.2, 0) is 12.0 Å². The van der Waals surface area contributed by atoms with Crippen LogP contribution >= 0.6 is 11.3 Å². The van der Waals surface area contributed by atoms with Crippen LogP contribution in [0.25, 0.3) is 0 Å². The van der Waals surface area contributed by atoms with Gasteiger partial charge in [-0.25, -0.2) is 4.98 Å². The lowest BCUT2D eigenvalue weighted by Crippen LogP contribution is -2.31. The highest BCUT2D eigenvalue weighted by Crippen LogP contribution is 2.26. The Morgan fingerprint density at radius 1 is 1.32 bits per heavy atom. The van der Waals surface area contributed by atoms with E-state index in [9.17, 15) is 0 Å². The van der Waals surface area contributed by atoms with Gasteiger partial charge in [-0.1, -0.05) is 26.0 Å². The molecule has 0 amide bonds. The van der Waals surface area contributed by atoms with Crippen LogP contribution in [0.1, 0.15) is 24.3 Å². The normalized spacial score (nSPS) is 11.5. The molecule has 102 valence electrons. The molecule has 0 fully saturated rings. The molecular weight excluding hydrogens is 256 g/mol. The van der Waals surface area contributed by atoms with Crippen LogP contribution in [0.5, 0.6) is 5.88 Å². The van der Waals surface area contributed by atoms with E-state index in [1.54, 1.807) is 7.11 Å². The van der Waals surface area contributed by atoms with Crippen LogP contribution in [0.15, 0.2) is 35.8 Å². The minimum atomic E-state index is 0.161. The Hall–Kier alpha value is -1.39. The number of hydrogen-bond donors (Lipinski definition) is 1. The van der Waals surface area contributed by atoms with Gasteiger partial charge in [-0.3, -0.25) is 0 Å². The summed E-state index contributed by atoms with van der Waals surface area (Å²) >= 11 is 1.81. The molecule has 19 heavy (non-hydrogen) atoms. The van der Waals surface area contributed by atoms with E-state index >= 15 is 0 Å². The van der Waals surface area contributed by atoms with Crippen LogP contribution in [0.4, 0.5) is 0 Å². The van der Waals surface area contributed by atoms with Gasteiger partial charge in [-0.15, -0.1) is 11.3 Å². The Bertz CT molecular complexity index is 491. The second-order valence-corrected chi connectivity index (χ2v) is 6.12. The quantitative estimate of drug-likeness (QED) is 0.879. The molecule has 2 rings (SSSR count). The van der Waals surface area contributed by atoms with Gasteiger partial charge in [0.05, 0.1) is 7.11 Å². The molecule has 0 radical (unpaired) electrons. The van der Waals surface area contributed by atoms with E-state index in [0.29, 0.717) is 5.88 Å². The van der Waals surface area contributed by atoms with Gasteiger partial charge in [0.15, 0.2) is 0 Å². The number of nitrogens with one attached hydrogen (secondary N) is 1. The number of thiophene rings is 1. The van der Waals surface area contributed by atoms with Crippen molar-refractivity contribution in [3.8, 4) is 5.88 Å². The van der Waals surface area contributed by atoms with E-state index in [-0.39, 0.29) is 5.41 Å². The van der Waals surface area contributed by atoms with E-state index in [1.165, 1.54) is 10.4 Å². The molecule has 2 heterocycles. The summed E-state index contributed by atoms with van der Waals surface area (Å²) in [6.45, 7) is 6.29. The number of pyridine rings is 1. The van der Waals surface area contributed by atoms with Crippen molar-refractivity contribution in [2.24, 2.45) is 0 Å². The molecule has 0 unspecified atom stereocenters. The Morgan fingerprint density at radius 3 is 2.74 bits per heavy atom. The van der Waals surface area contributed by atoms with Crippen molar-refractivity contribution >= 4 is 11.3 Å². The largest absolute Gasteiger partial charge is 0.481 e. The average molecular weight is 276 g/mol. The van der Waals surface area contributed by atoms with Gasteiger partial charge in [0.2, 0.25) is 5.88 Å². The van der Waals surface area contributed by atoms with Crippen molar-refractivity contribution in [3.63, 3.8) is 0 Å². The molecule has 0 aliphatic carbocycles. The van der Waals surface area contributed by atoms with Gasteiger partial charge >= 0.3 is 0 Å². The third-order valence-corrected chi connectivity index (χ3v) is 4.33. The number of hydrogen-bond acceptors (Lipinski definition) is 4. The van der Waals surface area contributed by atoms with Crippen LogP contribution in [0.3, 0.4) is 0 Å². The molecule has 4 heteroatoms. The smallest absolute Gasteiger partial charge is 0.212 e. The van der Waals surface area contributed by atoms with E-state index in [4.69, 9.17) is 4.74 Å². The predicted octanol–water partition coefficient (Wildman–Crippen LogP) is 3.22. The summed E-state index contributed by atoms with van der Waals surface area (Å²) in [7, 11) is 1.63. The lowest BCUT2D eigenvalue weighted by atomic mass is 9.91. The van der Waals surface area contributed by atoms with Gasteiger partial charge < -0.3 is 10.1 Å². The molecule has 0 aliphatic heterocycles. The molecule has 2 aromatic heterocycles. The Labute approximate surface area is 118 Å². The first-order valence-corrected chi connectivity index (χ1v) is 7.23. The molecule has 1 N–H and O–H groups in total. The lowest BCUT2D eigenvalue weighted by Gasteiger charge is -2.23. The van der Waals surface area contributed by atoms with Crippen LogP contribution in [-0.4, -0.2) is 18.6 Å². The van der Waals surface area contributed by atoms with Crippen molar-refractivity contribution in [1.29, 1.82) is 0 Å². The van der Waals surface area contributed by atoms with E-state index < -0.39 is 0 Å². The van der Waals surface area contributed by atoms with Crippen molar-refractivity contribution < 1.29 is 4.74 Å². The molecule has 0 spiro atoms. The van der Waals surface area contributed by atoms with Crippen molar-refractivity contribution in [2.75, 3.05) is 13.7 Å². The molecule has 0 bridgehead atoms. The third-order valence-electron chi connectivity index (χ3n) is 3.09. The maximum absolute atomic E-state index is 5.05. The zero-order valence-electron chi connectivity index (χ0n) is 11.6. The second-order valence-electron chi connectivity index (χ2n) is 5.17. The molecule has 0 saturated heterocycles. The molecule has 0 atom stereocenters. The van der Waals surface area contributed by atoms with Crippen LogP contribution in [0, 0.1) is 0 Å². The van der Waals surface area contributed by atoms with Gasteiger partial charge in [0.1, 0.15) is 0 Å². The topological polar surface area (TPSA) is 34.1 Å². The molecule has 0 aliphatic rings. The van der Waals surface area contributed by atoms with Gasteiger partial charge in [-0.2, -0.15) is 0 Å². The third kappa shape index (κ3) is 3.78. The standard InChI is InChI=1S/C15H20N2OS/c1-15(2,13-5-4-8-19-13)11-16-9-12-6-7-14(18-3)17-10-12/h4-8,10,16H,9,11H2,1-3H3. The fourth-order valence-electron chi connectivity index (χ4n) is 1.91. The molecule has 0 aromatic carbocycles. The van der Waals surface area contributed by atoms with Crippen LogP contribution < -0.4 is 10.1 Å². The number of methoxy groups -OCH3 is 1. The molecule has 0 saturated carbocycles. The highest BCUT2D eigenvalue weighted by molar-refractivity contribution is 7.10. The average Bonchev–Trinajstić information content (AvgIpc) is 2.94. The fraction of sp³-hybridized carbons (Fsp3) is 0.400. The Balaban J connectivity index is 1.86. The van der Waals surface area contributed by atoms with Crippen molar-refractivity contribution in [2.45, 2.75) is 25.8 Å². The summed E-state index contributed by atoms with van der Waals surface area (Å²) in [6, 6.07) is 8.23. The number of ether oxygens (including phenoxy) is 1. The Kier molecular flexibility index (Phi) is 4.56. The number of aromatic nitrogens is 1. The first kappa shape index (κ1) is 14.0. The minimum Gasteiger partial charge on any atom is -0.481 e. The van der Waals surface area contributed by atoms with E-state index in [2.05, 4.69) is 41.7 Å². The molecule has 2 aromatic rings. The van der Waals surface area contributed by atoms with E-state index in [1.807, 2.05) is 29.7 Å². The summed E-state index contributed by atoms with van der Waals surface area (Å²) in [5, 5.41) is 5.62. The fourth-order valence-corrected chi connectivity index (χ4v) is 2.76. The van der Waals surface area contributed by atoms with Gasteiger partial charge in [0, 0.05) is 35.6 Å². The maximum atomic E-state index is 5.05. The summed E-state index contributed by atoms with van der Waals surface area (Å²) in [5.74, 6) is 0.655. The zero-order chi connectivity index (χ0) is 13.7. The van der Waals surface area contributed by atoms with Gasteiger partial charge in [0.25, 0.3) is 0 Å². The lowest BCUT2D eigenvalue weighted by molar-refractivity contribution is 0.397. The highest BCUT2D eigenvalue weighted by atomic mass is 32.1.